The monoisotopic (exact) mass is 335 g/mol. The van der Waals surface area contributed by atoms with Gasteiger partial charge in [-0.3, -0.25) is 4.79 Å². The van der Waals surface area contributed by atoms with Gasteiger partial charge in [-0.15, -0.1) is 0 Å². The Labute approximate surface area is 134 Å². The zero-order chi connectivity index (χ0) is 15.5. The van der Waals surface area contributed by atoms with E-state index in [0.717, 1.165) is 0 Å². The summed E-state index contributed by atoms with van der Waals surface area (Å²) in [6.45, 7) is 0.0561. The van der Waals surface area contributed by atoms with E-state index in [2.05, 4.69) is 15.5 Å². The molecule has 2 heterocycles. The number of phenols is 1. The first kappa shape index (κ1) is 14.5. The Morgan fingerprint density at radius 2 is 2.36 bits per heavy atom. The maximum atomic E-state index is 11.6. The average molecular weight is 335 g/mol. The minimum Gasteiger partial charge on any atom is -0.504 e. The second-order valence-electron chi connectivity index (χ2n) is 4.20. The third-order valence-electron chi connectivity index (χ3n) is 2.68. The van der Waals surface area contributed by atoms with Crippen molar-refractivity contribution in [2.75, 3.05) is 0 Å². The van der Waals surface area contributed by atoms with E-state index in [-0.39, 0.29) is 24.0 Å². The number of phenolic OH excluding ortho intramolecular Hbond substituents is 1. The fraction of sp³-hybridized carbons (Fsp3) is 0.0769. The van der Waals surface area contributed by atoms with E-state index in [9.17, 15) is 9.90 Å². The second-order valence-corrected chi connectivity index (χ2v) is 5.92. The molecule has 0 unspecified atom stereocenters. The van der Waals surface area contributed by atoms with Gasteiger partial charge >= 0.3 is 0 Å². The van der Waals surface area contributed by atoms with Crippen LogP contribution in [-0.2, 0) is 11.4 Å². The summed E-state index contributed by atoms with van der Waals surface area (Å²) in [6, 6.07) is 4.80. The molecule has 7 nitrogen and oxygen atoms in total. The lowest BCUT2D eigenvalue weighted by Crippen LogP contribution is -2.17. The number of aromatic nitrogens is 2. The second kappa shape index (κ2) is 6.16. The van der Waals surface area contributed by atoms with Gasteiger partial charge in [-0.05, 0) is 23.8 Å². The van der Waals surface area contributed by atoms with E-state index in [4.69, 9.17) is 21.5 Å². The van der Waals surface area contributed by atoms with E-state index in [1.54, 1.807) is 18.2 Å². The van der Waals surface area contributed by atoms with Gasteiger partial charge in [0.15, 0.2) is 24.4 Å². The number of nitrogens with one attached hydrogen (secondary N) is 1. The Hall–Kier alpha value is -2.39. The summed E-state index contributed by atoms with van der Waals surface area (Å²) in [7, 11) is 0. The number of carbonyl (C=O) groups excluding carboxylic acids is 1. The highest BCUT2D eigenvalue weighted by Gasteiger charge is 2.22. The molecule has 0 atom stereocenters. The van der Waals surface area contributed by atoms with Crippen molar-refractivity contribution in [1.82, 2.24) is 15.5 Å². The average Bonchev–Trinajstić information content (AvgIpc) is 3.08. The van der Waals surface area contributed by atoms with E-state index >= 15 is 0 Å². The number of hydrogen-bond donors (Lipinski definition) is 2. The Balaban J connectivity index is 1.73. The number of benzene rings is 1. The minimum atomic E-state index is -0.244. The van der Waals surface area contributed by atoms with Gasteiger partial charge in [-0.25, -0.2) is 0 Å². The van der Waals surface area contributed by atoms with Crippen LogP contribution < -0.4 is 10.1 Å². The van der Waals surface area contributed by atoms with Crippen LogP contribution in [-0.4, -0.2) is 25.5 Å². The predicted octanol–water partition coefficient (Wildman–Crippen LogP) is 1.84. The van der Waals surface area contributed by atoms with Crippen molar-refractivity contribution in [3.05, 3.63) is 40.9 Å². The molecule has 1 aromatic carbocycles. The number of thioether (sulfide) groups is 1. The molecule has 1 saturated heterocycles. The topological polar surface area (TPSA) is 97.5 Å². The lowest BCUT2D eigenvalue weighted by atomic mass is 10.2. The van der Waals surface area contributed by atoms with Gasteiger partial charge in [0.05, 0.1) is 4.91 Å². The maximum absolute atomic E-state index is 11.6. The van der Waals surface area contributed by atoms with Crippen molar-refractivity contribution in [1.29, 1.82) is 0 Å². The van der Waals surface area contributed by atoms with Crippen LogP contribution in [0.2, 0.25) is 0 Å². The fourth-order valence-corrected chi connectivity index (χ4v) is 2.76. The summed E-state index contributed by atoms with van der Waals surface area (Å²) < 4.78 is 10.6. The molecule has 1 aliphatic rings. The highest BCUT2D eigenvalue weighted by Crippen LogP contribution is 2.31. The van der Waals surface area contributed by atoms with Gasteiger partial charge in [0.25, 0.3) is 11.8 Å². The molecule has 1 aromatic heterocycles. The van der Waals surface area contributed by atoms with Crippen molar-refractivity contribution in [3.8, 4) is 11.5 Å². The van der Waals surface area contributed by atoms with Crippen molar-refractivity contribution < 1.29 is 19.2 Å². The minimum absolute atomic E-state index is 0.0557. The van der Waals surface area contributed by atoms with E-state index in [1.165, 1.54) is 24.2 Å². The van der Waals surface area contributed by atoms with Gasteiger partial charge in [-0.2, -0.15) is 4.98 Å². The molecule has 0 spiro atoms. The molecule has 1 amide bonds. The molecule has 3 rings (SSSR count). The SMILES string of the molecule is O=C1NC(=S)S/C1=C\c1ccc(OCc2ncno2)c(O)c1. The number of amides is 1. The first-order chi connectivity index (χ1) is 10.6. The largest absolute Gasteiger partial charge is 0.504 e. The van der Waals surface area contributed by atoms with E-state index in [0.29, 0.717) is 20.7 Å². The summed E-state index contributed by atoms with van der Waals surface area (Å²) in [5.74, 6) is 0.281. The lowest BCUT2D eigenvalue weighted by molar-refractivity contribution is -0.115. The van der Waals surface area contributed by atoms with Crippen molar-refractivity contribution >= 4 is 40.3 Å². The van der Waals surface area contributed by atoms with Crippen LogP contribution >= 0.6 is 24.0 Å². The van der Waals surface area contributed by atoms with Gasteiger partial charge in [0.2, 0.25) is 0 Å². The highest BCUT2D eigenvalue weighted by molar-refractivity contribution is 8.26. The van der Waals surface area contributed by atoms with Crippen LogP contribution in [0.1, 0.15) is 11.5 Å². The molecule has 22 heavy (non-hydrogen) atoms. The van der Waals surface area contributed by atoms with Gasteiger partial charge < -0.3 is 19.7 Å². The van der Waals surface area contributed by atoms with Crippen molar-refractivity contribution in [2.45, 2.75) is 6.61 Å². The summed E-state index contributed by atoms with van der Waals surface area (Å²) >= 11 is 6.09. The highest BCUT2D eigenvalue weighted by atomic mass is 32.2. The number of hydrogen-bond acceptors (Lipinski definition) is 8. The quantitative estimate of drug-likeness (QED) is 0.645. The zero-order valence-corrected chi connectivity index (χ0v) is 12.6. The molecule has 0 saturated carbocycles. The molecule has 112 valence electrons. The van der Waals surface area contributed by atoms with Crippen LogP contribution in [0.5, 0.6) is 11.5 Å². The number of ether oxygens (including phenoxy) is 1. The number of rotatable bonds is 4. The third-order valence-corrected chi connectivity index (χ3v) is 3.84. The normalized spacial score (nSPS) is 16.1. The van der Waals surface area contributed by atoms with Crippen molar-refractivity contribution in [2.24, 2.45) is 0 Å². The Bertz CT molecular complexity index is 759. The fourth-order valence-electron chi connectivity index (χ4n) is 1.72. The van der Waals surface area contributed by atoms with Gasteiger partial charge in [0, 0.05) is 0 Å². The Kier molecular flexibility index (Phi) is 4.07. The number of nitrogens with zero attached hydrogens (tertiary/aromatic N) is 2. The molecule has 1 fully saturated rings. The maximum Gasteiger partial charge on any atom is 0.264 e. The molecule has 2 aromatic rings. The van der Waals surface area contributed by atoms with Gasteiger partial charge in [-0.1, -0.05) is 35.2 Å². The summed E-state index contributed by atoms with van der Waals surface area (Å²) in [5.41, 5.74) is 0.657. The molecule has 1 aliphatic heterocycles. The molecule has 0 radical (unpaired) electrons. The van der Waals surface area contributed by atoms with Crippen LogP contribution in [0.15, 0.2) is 34.0 Å². The number of aromatic hydroxyl groups is 1. The Morgan fingerprint density at radius 3 is 3.00 bits per heavy atom. The number of carbonyl (C=O) groups is 1. The van der Waals surface area contributed by atoms with Crippen LogP contribution in [0.4, 0.5) is 0 Å². The molecule has 0 aliphatic carbocycles. The summed E-state index contributed by atoms with van der Waals surface area (Å²) in [5, 5.41) is 15.9. The van der Waals surface area contributed by atoms with Crippen molar-refractivity contribution in [3.63, 3.8) is 0 Å². The summed E-state index contributed by atoms with van der Waals surface area (Å²) in [4.78, 5) is 15.9. The molecule has 0 bridgehead atoms. The number of thiocarbonyl (C=S) groups is 1. The summed E-state index contributed by atoms with van der Waals surface area (Å²) in [6.07, 6.45) is 2.91. The first-order valence-corrected chi connectivity index (χ1v) is 7.30. The third kappa shape index (κ3) is 3.26. The zero-order valence-electron chi connectivity index (χ0n) is 11.0. The molecular formula is C13H9N3O4S2. The van der Waals surface area contributed by atoms with Gasteiger partial charge in [0.1, 0.15) is 4.32 Å². The molecule has 9 heteroatoms. The lowest BCUT2D eigenvalue weighted by Gasteiger charge is -2.06. The van der Waals surface area contributed by atoms with Crippen LogP contribution in [0.3, 0.4) is 0 Å². The predicted molar refractivity (Wildman–Crippen MR) is 83.0 cm³/mol. The van der Waals surface area contributed by atoms with Crippen LogP contribution in [0.25, 0.3) is 6.08 Å². The Morgan fingerprint density at radius 1 is 1.50 bits per heavy atom. The van der Waals surface area contributed by atoms with E-state index in [1.807, 2.05) is 0 Å². The standard InChI is InChI=1S/C13H9N3O4S2/c17-8-3-7(4-10-12(18)16-13(21)22-10)1-2-9(8)19-5-11-14-6-15-20-11/h1-4,6,17H,5H2,(H,16,18,21)/b10-4-. The first-order valence-electron chi connectivity index (χ1n) is 6.08. The smallest absolute Gasteiger partial charge is 0.264 e. The molecular weight excluding hydrogens is 326 g/mol. The van der Waals surface area contributed by atoms with E-state index < -0.39 is 0 Å². The van der Waals surface area contributed by atoms with Crippen LogP contribution in [0, 0.1) is 0 Å². The molecule has 2 N–H and O–H groups in total.